The van der Waals surface area contributed by atoms with E-state index in [1.165, 1.54) is 36.8 Å². The maximum Gasteiger partial charge on any atom is 0.148 e. The van der Waals surface area contributed by atoms with Gasteiger partial charge in [0.1, 0.15) is 5.82 Å². The number of aromatic nitrogens is 2. The number of benzene rings is 1. The van der Waals surface area contributed by atoms with Crippen LogP contribution in [0, 0.1) is 0 Å². The number of nitrogens with zero attached hydrogens (tertiary/aromatic N) is 2. The molecule has 4 nitrogen and oxygen atoms in total. The number of hydrogen-bond acceptors (Lipinski definition) is 4. The summed E-state index contributed by atoms with van der Waals surface area (Å²) in [6.45, 7) is 1.31. The number of fused-ring (bicyclic) bond motifs is 1. The normalized spacial score (nSPS) is 13.8. The van der Waals surface area contributed by atoms with Crippen molar-refractivity contribution in [1.82, 2.24) is 10.2 Å². The SMILES string of the molecule is NCCNc1ccc(-c2ccc3c(c2)CCCC3)nn1. The average molecular weight is 268 g/mol. The highest BCUT2D eigenvalue weighted by Gasteiger charge is 2.10. The highest BCUT2D eigenvalue weighted by molar-refractivity contribution is 5.61. The first-order chi connectivity index (χ1) is 9.86. The molecule has 1 heterocycles. The zero-order valence-corrected chi connectivity index (χ0v) is 11.6. The van der Waals surface area contributed by atoms with E-state index in [1.54, 1.807) is 0 Å². The molecule has 0 unspecified atom stereocenters. The Hall–Kier alpha value is -1.94. The summed E-state index contributed by atoms with van der Waals surface area (Å²) in [5.74, 6) is 0.775. The third-order valence-electron chi connectivity index (χ3n) is 3.76. The lowest BCUT2D eigenvalue weighted by atomic mass is 9.90. The van der Waals surface area contributed by atoms with E-state index in [1.807, 2.05) is 12.1 Å². The molecule has 0 saturated carbocycles. The van der Waals surface area contributed by atoms with E-state index in [9.17, 15) is 0 Å². The first-order valence-electron chi connectivity index (χ1n) is 7.26. The molecule has 1 aromatic heterocycles. The molecule has 0 bridgehead atoms. The van der Waals surface area contributed by atoms with Gasteiger partial charge >= 0.3 is 0 Å². The molecule has 1 aliphatic carbocycles. The van der Waals surface area contributed by atoms with Gasteiger partial charge in [0.15, 0.2) is 0 Å². The summed E-state index contributed by atoms with van der Waals surface area (Å²) in [6.07, 6.45) is 5.01. The molecule has 0 spiro atoms. The lowest BCUT2D eigenvalue weighted by molar-refractivity contribution is 0.686. The molecule has 1 aromatic carbocycles. The van der Waals surface area contributed by atoms with Crippen molar-refractivity contribution in [2.75, 3.05) is 18.4 Å². The van der Waals surface area contributed by atoms with Gasteiger partial charge in [-0.15, -0.1) is 10.2 Å². The predicted octanol–water partition coefficient (Wildman–Crippen LogP) is 2.39. The van der Waals surface area contributed by atoms with Gasteiger partial charge in [0.05, 0.1) is 5.69 Å². The monoisotopic (exact) mass is 268 g/mol. The summed E-state index contributed by atoms with van der Waals surface area (Å²) in [6, 6.07) is 10.6. The summed E-state index contributed by atoms with van der Waals surface area (Å²) in [7, 11) is 0. The standard InChI is InChI=1S/C16H20N4/c17-9-10-18-16-8-7-15(19-20-16)14-6-5-12-3-1-2-4-13(12)11-14/h5-8,11H,1-4,9-10,17H2,(H,18,20). The van der Waals surface area contributed by atoms with E-state index in [4.69, 9.17) is 5.73 Å². The van der Waals surface area contributed by atoms with E-state index in [0.29, 0.717) is 13.1 Å². The number of aryl methyl sites for hydroxylation is 2. The van der Waals surface area contributed by atoms with Crippen molar-refractivity contribution in [3.63, 3.8) is 0 Å². The Bertz CT molecular complexity index is 578. The molecule has 4 heteroatoms. The fourth-order valence-electron chi connectivity index (χ4n) is 2.67. The van der Waals surface area contributed by atoms with Crippen LogP contribution in [0.25, 0.3) is 11.3 Å². The molecule has 20 heavy (non-hydrogen) atoms. The molecule has 0 aliphatic heterocycles. The third-order valence-corrected chi connectivity index (χ3v) is 3.76. The van der Waals surface area contributed by atoms with Crippen LogP contribution in [0.15, 0.2) is 30.3 Å². The second kappa shape index (κ2) is 6.01. The summed E-state index contributed by atoms with van der Waals surface area (Å²) in [5, 5.41) is 11.6. The second-order valence-corrected chi connectivity index (χ2v) is 5.21. The van der Waals surface area contributed by atoms with Crippen LogP contribution >= 0.6 is 0 Å². The summed E-state index contributed by atoms with van der Waals surface area (Å²) < 4.78 is 0. The van der Waals surface area contributed by atoms with Crippen molar-refractivity contribution < 1.29 is 0 Å². The van der Waals surface area contributed by atoms with Gasteiger partial charge in [-0.05, 0) is 55.0 Å². The van der Waals surface area contributed by atoms with Crippen LogP contribution in [-0.4, -0.2) is 23.3 Å². The van der Waals surface area contributed by atoms with Crippen molar-refractivity contribution in [1.29, 1.82) is 0 Å². The fourth-order valence-corrected chi connectivity index (χ4v) is 2.67. The Morgan fingerprint density at radius 1 is 1.00 bits per heavy atom. The quantitative estimate of drug-likeness (QED) is 0.893. The van der Waals surface area contributed by atoms with Crippen LogP contribution in [0.2, 0.25) is 0 Å². The minimum absolute atomic E-state index is 0.592. The van der Waals surface area contributed by atoms with Crippen molar-refractivity contribution in [2.45, 2.75) is 25.7 Å². The zero-order chi connectivity index (χ0) is 13.8. The van der Waals surface area contributed by atoms with E-state index in [0.717, 1.165) is 17.1 Å². The van der Waals surface area contributed by atoms with Gasteiger partial charge in [-0.1, -0.05) is 12.1 Å². The van der Waals surface area contributed by atoms with Crippen LogP contribution in [0.3, 0.4) is 0 Å². The molecule has 3 rings (SSSR count). The first kappa shape index (κ1) is 13.1. The molecule has 1 aliphatic rings. The third kappa shape index (κ3) is 2.80. The Balaban J connectivity index is 1.81. The van der Waals surface area contributed by atoms with E-state index in [2.05, 4.69) is 33.7 Å². The molecule has 0 fully saturated rings. The summed E-state index contributed by atoms with van der Waals surface area (Å²) >= 11 is 0. The van der Waals surface area contributed by atoms with Gasteiger partial charge in [0.25, 0.3) is 0 Å². The van der Waals surface area contributed by atoms with Crippen molar-refractivity contribution in [3.05, 3.63) is 41.5 Å². The molecule has 2 aromatic rings. The van der Waals surface area contributed by atoms with E-state index in [-0.39, 0.29) is 0 Å². The Kier molecular flexibility index (Phi) is 3.92. The zero-order valence-electron chi connectivity index (χ0n) is 11.6. The van der Waals surface area contributed by atoms with Gasteiger partial charge in [0.2, 0.25) is 0 Å². The molecule has 104 valence electrons. The van der Waals surface area contributed by atoms with Crippen LogP contribution < -0.4 is 11.1 Å². The molecule has 0 atom stereocenters. The maximum atomic E-state index is 5.45. The highest BCUT2D eigenvalue weighted by Crippen LogP contribution is 2.26. The largest absolute Gasteiger partial charge is 0.367 e. The smallest absolute Gasteiger partial charge is 0.148 e. The van der Waals surface area contributed by atoms with Crippen LogP contribution in [0.5, 0.6) is 0 Å². The van der Waals surface area contributed by atoms with Gasteiger partial charge in [-0.3, -0.25) is 0 Å². The van der Waals surface area contributed by atoms with Crippen LogP contribution in [0.1, 0.15) is 24.0 Å². The Morgan fingerprint density at radius 3 is 2.60 bits per heavy atom. The number of hydrogen-bond donors (Lipinski definition) is 2. The van der Waals surface area contributed by atoms with Crippen molar-refractivity contribution in [2.24, 2.45) is 5.73 Å². The molecule has 3 N–H and O–H groups in total. The number of nitrogens with two attached hydrogens (primary N) is 1. The highest BCUT2D eigenvalue weighted by atomic mass is 15.2. The molecule has 0 amide bonds. The van der Waals surface area contributed by atoms with Crippen LogP contribution in [-0.2, 0) is 12.8 Å². The van der Waals surface area contributed by atoms with Gasteiger partial charge in [-0.2, -0.15) is 0 Å². The minimum atomic E-state index is 0.592. The predicted molar refractivity (Wildman–Crippen MR) is 81.7 cm³/mol. The Morgan fingerprint density at radius 2 is 1.85 bits per heavy atom. The molecule has 0 radical (unpaired) electrons. The second-order valence-electron chi connectivity index (χ2n) is 5.21. The topological polar surface area (TPSA) is 63.8 Å². The minimum Gasteiger partial charge on any atom is -0.367 e. The first-order valence-corrected chi connectivity index (χ1v) is 7.26. The average Bonchev–Trinajstić information content (AvgIpc) is 2.53. The molecular formula is C16H20N4. The fraction of sp³-hybridized carbons (Fsp3) is 0.375. The Labute approximate surface area is 119 Å². The maximum absolute atomic E-state index is 5.45. The number of rotatable bonds is 4. The molecular weight excluding hydrogens is 248 g/mol. The van der Waals surface area contributed by atoms with Crippen molar-refractivity contribution >= 4 is 5.82 Å². The van der Waals surface area contributed by atoms with Gasteiger partial charge in [0, 0.05) is 18.7 Å². The van der Waals surface area contributed by atoms with E-state index >= 15 is 0 Å². The number of anilines is 1. The summed E-state index contributed by atoms with van der Waals surface area (Å²) in [4.78, 5) is 0. The van der Waals surface area contributed by atoms with Gasteiger partial charge < -0.3 is 11.1 Å². The van der Waals surface area contributed by atoms with Gasteiger partial charge in [-0.25, -0.2) is 0 Å². The molecule has 0 saturated heterocycles. The lowest BCUT2D eigenvalue weighted by Crippen LogP contribution is -2.14. The van der Waals surface area contributed by atoms with Crippen molar-refractivity contribution in [3.8, 4) is 11.3 Å². The van der Waals surface area contributed by atoms with E-state index < -0.39 is 0 Å². The number of nitrogens with one attached hydrogen (secondary N) is 1. The summed E-state index contributed by atoms with van der Waals surface area (Å²) in [5.41, 5.74) is 10.5. The lowest BCUT2D eigenvalue weighted by Gasteiger charge is -2.16. The van der Waals surface area contributed by atoms with Crippen LogP contribution in [0.4, 0.5) is 5.82 Å².